The van der Waals surface area contributed by atoms with Crippen molar-refractivity contribution in [1.82, 2.24) is 10.2 Å². The average molecular weight is 453 g/mol. The van der Waals surface area contributed by atoms with Crippen molar-refractivity contribution < 1.29 is 24.2 Å². The number of rotatable bonds is 10. The molecule has 0 aliphatic carbocycles. The van der Waals surface area contributed by atoms with Crippen LogP contribution in [0.4, 0.5) is 0 Å². The molecule has 2 aromatic carbocycles. The molecule has 0 spiro atoms. The Morgan fingerprint density at radius 1 is 1.09 bits per heavy atom. The normalized spacial score (nSPS) is 19.5. The Balaban J connectivity index is 1.77. The van der Waals surface area contributed by atoms with Crippen LogP contribution in [0.5, 0.6) is 0 Å². The maximum absolute atomic E-state index is 13.3. The molecule has 0 aromatic heterocycles. The number of aryl methyl sites for hydroxylation is 1. The number of carboxylic acids is 1. The molecule has 1 aliphatic heterocycles. The Bertz CT molecular complexity index is 919. The molecule has 3 rings (SSSR count). The highest BCUT2D eigenvalue weighted by Gasteiger charge is 2.35. The number of carboxylic acid groups (broad SMARTS) is 1. The summed E-state index contributed by atoms with van der Waals surface area (Å²) >= 11 is 0. The van der Waals surface area contributed by atoms with Gasteiger partial charge in [0.15, 0.2) is 0 Å². The fourth-order valence-electron chi connectivity index (χ4n) is 4.33. The number of ether oxygens (including phenoxy) is 1. The highest BCUT2D eigenvalue weighted by molar-refractivity contribution is 5.86. The van der Waals surface area contributed by atoms with E-state index in [9.17, 15) is 19.5 Å². The van der Waals surface area contributed by atoms with Crippen LogP contribution < -0.4 is 5.32 Å². The van der Waals surface area contributed by atoms with Gasteiger partial charge in [-0.15, -0.1) is 0 Å². The third-order valence-corrected chi connectivity index (χ3v) is 5.99. The molecule has 2 N–H and O–H groups in total. The van der Waals surface area contributed by atoms with Crippen LogP contribution in [0, 0.1) is 0 Å². The number of hydrogen-bond acceptors (Lipinski definition) is 5. The van der Waals surface area contributed by atoms with Crippen LogP contribution in [0.2, 0.25) is 0 Å². The Morgan fingerprint density at radius 2 is 1.76 bits per heavy atom. The van der Waals surface area contributed by atoms with Gasteiger partial charge in [-0.05, 0) is 43.7 Å². The lowest BCUT2D eigenvalue weighted by Crippen LogP contribution is -2.52. The zero-order valence-corrected chi connectivity index (χ0v) is 19.0. The Kier molecular flexibility index (Phi) is 9.01. The van der Waals surface area contributed by atoms with E-state index in [-0.39, 0.29) is 25.0 Å². The predicted molar refractivity (Wildman–Crippen MR) is 125 cm³/mol. The summed E-state index contributed by atoms with van der Waals surface area (Å²) < 4.78 is 5.26. The number of amides is 1. The fourth-order valence-corrected chi connectivity index (χ4v) is 4.33. The van der Waals surface area contributed by atoms with Crippen molar-refractivity contribution >= 4 is 17.8 Å². The maximum atomic E-state index is 13.3. The van der Waals surface area contributed by atoms with Gasteiger partial charge in [-0.2, -0.15) is 0 Å². The first-order valence-electron chi connectivity index (χ1n) is 11.5. The van der Waals surface area contributed by atoms with Crippen molar-refractivity contribution in [2.75, 3.05) is 19.7 Å². The van der Waals surface area contributed by atoms with Gasteiger partial charge in [0.2, 0.25) is 5.91 Å². The average Bonchev–Trinajstić information content (AvgIpc) is 2.96. The van der Waals surface area contributed by atoms with E-state index in [0.29, 0.717) is 32.2 Å². The van der Waals surface area contributed by atoms with Gasteiger partial charge in [0, 0.05) is 12.5 Å². The molecule has 7 nitrogen and oxygen atoms in total. The number of benzene rings is 2. The number of nitrogens with one attached hydrogen (secondary N) is 1. The van der Waals surface area contributed by atoms with Crippen molar-refractivity contribution in [2.24, 2.45) is 0 Å². The lowest BCUT2D eigenvalue weighted by atomic mass is 9.93. The standard InChI is InChI=1S/C26H32N2O5/c1-2-33-26(32)23(15-13-19-9-5-3-6-10-19)27-22-16-14-21(20-11-7-4-8-12-20)17-28(25(22)31)18-24(29)30/h3-12,21-23,27H,2,13-18H2,1H3,(H,29,30)/t21-,22+,23+/m1/s1. The monoisotopic (exact) mass is 452 g/mol. The maximum Gasteiger partial charge on any atom is 0.323 e. The van der Waals surface area contributed by atoms with E-state index < -0.39 is 24.0 Å². The van der Waals surface area contributed by atoms with E-state index in [4.69, 9.17) is 4.74 Å². The van der Waals surface area contributed by atoms with Gasteiger partial charge < -0.3 is 14.7 Å². The van der Waals surface area contributed by atoms with Crippen LogP contribution in [0.1, 0.15) is 43.2 Å². The highest BCUT2D eigenvalue weighted by atomic mass is 16.5. The Hall–Kier alpha value is -3.19. The smallest absolute Gasteiger partial charge is 0.323 e. The molecule has 7 heteroatoms. The minimum Gasteiger partial charge on any atom is -0.480 e. The quantitative estimate of drug-likeness (QED) is 0.538. The lowest BCUT2D eigenvalue weighted by molar-refractivity contribution is -0.148. The molecular weight excluding hydrogens is 420 g/mol. The summed E-state index contributed by atoms with van der Waals surface area (Å²) in [5.41, 5.74) is 2.17. The molecule has 0 saturated carbocycles. The number of aliphatic carboxylic acids is 1. The Morgan fingerprint density at radius 3 is 2.39 bits per heavy atom. The van der Waals surface area contributed by atoms with Crippen LogP contribution in [-0.4, -0.2) is 59.6 Å². The molecular formula is C26H32N2O5. The summed E-state index contributed by atoms with van der Waals surface area (Å²) in [6.07, 6.45) is 2.35. The second kappa shape index (κ2) is 12.2. The van der Waals surface area contributed by atoms with Crippen LogP contribution in [0.3, 0.4) is 0 Å². The molecule has 0 unspecified atom stereocenters. The highest BCUT2D eigenvalue weighted by Crippen LogP contribution is 2.27. The largest absolute Gasteiger partial charge is 0.480 e. The summed E-state index contributed by atoms with van der Waals surface area (Å²) in [5.74, 6) is -1.70. The van der Waals surface area contributed by atoms with E-state index >= 15 is 0 Å². The summed E-state index contributed by atoms with van der Waals surface area (Å²) in [4.78, 5) is 38.8. The van der Waals surface area contributed by atoms with Crippen LogP contribution >= 0.6 is 0 Å². The van der Waals surface area contributed by atoms with Crippen LogP contribution in [-0.2, 0) is 25.5 Å². The van der Waals surface area contributed by atoms with Crippen molar-refractivity contribution in [3.05, 3.63) is 71.8 Å². The van der Waals surface area contributed by atoms with E-state index in [1.165, 1.54) is 4.90 Å². The van der Waals surface area contributed by atoms with Gasteiger partial charge in [-0.25, -0.2) is 0 Å². The van der Waals surface area contributed by atoms with Crippen LogP contribution in [0.25, 0.3) is 0 Å². The van der Waals surface area contributed by atoms with Crippen molar-refractivity contribution in [3.63, 3.8) is 0 Å². The molecule has 1 saturated heterocycles. The second-order valence-corrected chi connectivity index (χ2v) is 8.35. The first-order valence-corrected chi connectivity index (χ1v) is 11.5. The molecule has 1 fully saturated rings. The number of carbonyl (C=O) groups excluding carboxylic acids is 2. The van der Waals surface area contributed by atoms with Gasteiger partial charge >= 0.3 is 11.9 Å². The molecule has 176 valence electrons. The zero-order valence-electron chi connectivity index (χ0n) is 19.0. The van der Waals surface area contributed by atoms with Gasteiger partial charge in [0.05, 0.1) is 12.6 Å². The van der Waals surface area contributed by atoms with Gasteiger partial charge in [0.25, 0.3) is 0 Å². The molecule has 0 bridgehead atoms. The lowest BCUT2D eigenvalue weighted by Gasteiger charge is -2.27. The van der Waals surface area contributed by atoms with Gasteiger partial charge in [0.1, 0.15) is 12.6 Å². The molecule has 2 aromatic rings. The molecule has 1 aliphatic rings. The second-order valence-electron chi connectivity index (χ2n) is 8.35. The minimum atomic E-state index is -1.05. The zero-order chi connectivity index (χ0) is 23.6. The van der Waals surface area contributed by atoms with Crippen molar-refractivity contribution in [1.29, 1.82) is 0 Å². The van der Waals surface area contributed by atoms with E-state index in [1.807, 2.05) is 60.7 Å². The first-order chi connectivity index (χ1) is 16.0. The molecule has 0 radical (unpaired) electrons. The third-order valence-electron chi connectivity index (χ3n) is 5.99. The number of hydrogen-bond donors (Lipinski definition) is 2. The molecule has 1 amide bonds. The number of esters is 1. The number of nitrogens with zero attached hydrogens (tertiary/aromatic N) is 1. The third kappa shape index (κ3) is 7.15. The minimum absolute atomic E-state index is 0.0339. The van der Waals surface area contributed by atoms with E-state index in [2.05, 4.69) is 5.32 Å². The SMILES string of the molecule is CCOC(=O)[C@H](CCc1ccccc1)N[C@H]1CC[C@@H](c2ccccc2)CN(CC(=O)O)C1=O. The van der Waals surface area contributed by atoms with Gasteiger partial charge in [-0.1, -0.05) is 60.7 Å². The van der Waals surface area contributed by atoms with Crippen molar-refractivity contribution in [3.8, 4) is 0 Å². The molecule has 1 heterocycles. The fraction of sp³-hybridized carbons (Fsp3) is 0.423. The summed E-state index contributed by atoms with van der Waals surface area (Å²) in [6, 6.07) is 18.4. The number of carbonyl (C=O) groups is 3. The summed E-state index contributed by atoms with van der Waals surface area (Å²) in [6.45, 7) is 1.97. The van der Waals surface area contributed by atoms with Crippen LogP contribution in [0.15, 0.2) is 60.7 Å². The Labute approximate surface area is 194 Å². The summed E-state index contributed by atoms with van der Waals surface area (Å²) in [5, 5.41) is 12.6. The summed E-state index contributed by atoms with van der Waals surface area (Å²) in [7, 11) is 0. The molecule has 33 heavy (non-hydrogen) atoms. The molecule has 3 atom stereocenters. The topological polar surface area (TPSA) is 95.9 Å². The van der Waals surface area contributed by atoms with Crippen molar-refractivity contribution in [2.45, 2.75) is 50.6 Å². The van der Waals surface area contributed by atoms with E-state index in [1.54, 1.807) is 6.92 Å². The van der Waals surface area contributed by atoms with E-state index in [0.717, 1.165) is 11.1 Å². The number of likely N-dealkylation sites (tertiary alicyclic amines) is 1. The van der Waals surface area contributed by atoms with Gasteiger partial charge in [-0.3, -0.25) is 19.7 Å². The first kappa shape index (κ1) is 24.5. The predicted octanol–water partition coefficient (Wildman–Crippen LogP) is 3.00.